The van der Waals surface area contributed by atoms with Crippen molar-refractivity contribution in [3.63, 3.8) is 0 Å². The molecule has 30 heavy (non-hydrogen) atoms. The van der Waals surface area contributed by atoms with Crippen LogP contribution in [0.3, 0.4) is 0 Å². The van der Waals surface area contributed by atoms with Crippen LogP contribution in [0.4, 0.5) is 0 Å². The number of benzene rings is 2. The third-order valence-corrected chi connectivity index (χ3v) is 5.11. The zero-order valence-electron chi connectivity index (χ0n) is 16.5. The maximum atomic E-state index is 12.8. The molecule has 2 aromatic carbocycles. The first-order valence-electron chi connectivity index (χ1n) is 9.21. The number of aryl methyl sites for hydroxylation is 1. The molecule has 1 atom stereocenters. The molecule has 1 amide bonds. The van der Waals surface area contributed by atoms with E-state index in [2.05, 4.69) is 15.5 Å². The second-order valence-corrected chi connectivity index (χ2v) is 7.58. The summed E-state index contributed by atoms with van der Waals surface area (Å²) in [5.74, 6) is -0.185. The van der Waals surface area contributed by atoms with Crippen LogP contribution < -0.4 is 5.32 Å². The Kier molecular flexibility index (Phi) is 7.02. The Morgan fingerprint density at radius 1 is 1.27 bits per heavy atom. The van der Waals surface area contributed by atoms with Crippen LogP contribution in [-0.2, 0) is 20.9 Å². The third kappa shape index (κ3) is 5.34. The van der Waals surface area contributed by atoms with Crippen LogP contribution >= 0.6 is 23.8 Å². The van der Waals surface area contributed by atoms with E-state index in [1.165, 1.54) is 7.11 Å². The number of hydrogen-bond donors (Lipinski definition) is 2. The molecular weight excluding hydrogens is 424 g/mol. The standard InChI is InChI=1S/C21H21ClN4O3S/c1-13-4-3-5-15(10-13)20-24-25-21(30)26(20)12-18(27)23-17(11-19(28)29-2)14-6-8-16(22)9-7-14/h3-10,17H,11-12H2,1-2H3,(H,23,27)(H,25,30). The van der Waals surface area contributed by atoms with Crippen molar-refractivity contribution in [3.8, 4) is 11.4 Å². The Labute approximate surface area is 184 Å². The SMILES string of the molecule is COC(=O)CC(NC(=O)Cn1c(-c2cccc(C)c2)n[nH]c1=S)c1ccc(Cl)cc1. The molecule has 3 aromatic rings. The van der Waals surface area contributed by atoms with Crippen LogP contribution in [0, 0.1) is 11.7 Å². The van der Waals surface area contributed by atoms with Gasteiger partial charge in [-0.2, -0.15) is 5.10 Å². The minimum Gasteiger partial charge on any atom is -0.469 e. The van der Waals surface area contributed by atoms with Crippen LogP contribution in [0.5, 0.6) is 0 Å². The van der Waals surface area contributed by atoms with Gasteiger partial charge >= 0.3 is 5.97 Å². The molecule has 0 saturated carbocycles. The smallest absolute Gasteiger partial charge is 0.307 e. The minimum atomic E-state index is -0.564. The summed E-state index contributed by atoms with van der Waals surface area (Å²) in [5.41, 5.74) is 2.66. The maximum Gasteiger partial charge on any atom is 0.307 e. The quantitative estimate of drug-likeness (QED) is 0.425. The van der Waals surface area contributed by atoms with E-state index in [0.29, 0.717) is 15.6 Å². The first-order valence-corrected chi connectivity index (χ1v) is 10.00. The highest BCUT2D eigenvalue weighted by Crippen LogP contribution is 2.21. The van der Waals surface area contributed by atoms with Crippen molar-refractivity contribution in [3.05, 3.63) is 69.5 Å². The number of methoxy groups -OCH3 is 1. The first-order chi connectivity index (χ1) is 14.4. The van der Waals surface area contributed by atoms with E-state index in [0.717, 1.165) is 16.7 Å². The summed E-state index contributed by atoms with van der Waals surface area (Å²) in [6.45, 7) is 1.93. The molecule has 0 radical (unpaired) electrons. The van der Waals surface area contributed by atoms with Crippen molar-refractivity contribution in [1.29, 1.82) is 0 Å². The van der Waals surface area contributed by atoms with Gasteiger partial charge in [0.25, 0.3) is 0 Å². The number of hydrogen-bond acceptors (Lipinski definition) is 5. The van der Waals surface area contributed by atoms with Crippen molar-refractivity contribution in [1.82, 2.24) is 20.1 Å². The summed E-state index contributed by atoms with van der Waals surface area (Å²) in [7, 11) is 1.31. The average Bonchev–Trinajstić information content (AvgIpc) is 3.08. The lowest BCUT2D eigenvalue weighted by Gasteiger charge is -2.19. The normalized spacial score (nSPS) is 11.7. The average molecular weight is 445 g/mol. The lowest BCUT2D eigenvalue weighted by Crippen LogP contribution is -2.33. The second-order valence-electron chi connectivity index (χ2n) is 6.76. The number of carbonyl (C=O) groups is 2. The van der Waals surface area contributed by atoms with E-state index in [9.17, 15) is 9.59 Å². The zero-order valence-corrected chi connectivity index (χ0v) is 18.1. The van der Waals surface area contributed by atoms with E-state index >= 15 is 0 Å². The summed E-state index contributed by atoms with van der Waals surface area (Å²) in [5, 5.41) is 10.5. The molecule has 1 aromatic heterocycles. The third-order valence-electron chi connectivity index (χ3n) is 4.54. The fraction of sp³-hybridized carbons (Fsp3) is 0.238. The molecule has 1 unspecified atom stereocenters. The van der Waals surface area contributed by atoms with Crippen molar-refractivity contribution in [2.45, 2.75) is 25.9 Å². The van der Waals surface area contributed by atoms with Gasteiger partial charge in [0.1, 0.15) is 6.54 Å². The number of rotatable bonds is 7. The van der Waals surface area contributed by atoms with E-state index in [4.69, 9.17) is 28.6 Å². The molecule has 7 nitrogen and oxygen atoms in total. The van der Waals surface area contributed by atoms with Crippen molar-refractivity contribution < 1.29 is 14.3 Å². The predicted octanol–water partition coefficient (Wildman–Crippen LogP) is 3.99. The van der Waals surface area contributed by atoms with Crippen molar-refractivity contribution in [2.75, 3.05) is 7.11 Å². The Hall–Kier alpha value is -2.97. The Morgan fingerprint density at radius 3 is 2.67 bits per heavy atom. The number of halogens is 1. The number of nitrogens with one attached hydrogen (secondary N) is 2. The van der Waals surface area contributed by atoms with Gasteiger partial charge in [-0.25, -0.2) is 0 Å². The number of aromatic nitrogens is 3. The number of H-pyrrole nitrogens is 1. The number of amides is 1. The van der Waals surface area contributed by atoms with Gasteiger partial charge in [0, 0.05) is 10.6 Å². The number of esters is 1. The van der Waals surface area contributed by atoms with Gasteiger partial charge < -0.3 is 10.1 Å². The molecule has 0 bridgehead atoms. The van der Waals surface area contributed by atoms with Crippen molar-refractivity contribution in [2.24, 2.45) is 0 Å². The fourth-order valence-corrected chi connectivity index (χ4v) is 3.37. The molecule has 0 fully saturated rings. The summed E-state index contributed by atoms with van der Waals surface area (Å²) < 4.78 is 6.72. The largest absolute Gasteiger partial charge is 0.469 e. The number of carbonyl (C=O) groups excluding carboxylic acids is 2. The highest BCUT2D eigenvalue weighted by atomic mass is 35.5. The van der Waals surface area contributed by atoms with Gasteiger partial charge in [-0.3, -0.25) is 19.3 Å². The van der Waals surface area contributed by atoms with Crippen LogP contribution in [0.1, 0.15) is 23.6 Å². The van der Waals surface area contributed by atoms with Crippen molar-refractivity contribution >= 4 is 35.7 Å². The molecule has 3 rings (SSSR count). The summed E-state index contributed by atoms with van der Waals surface area (Å²) >= 11 is 11.3. The highest BCUT2D eigenvalue weighted by molar-refractivity contribution is 7.71. The van der Waals surface area contributed by atoms with E-state index in [-0.39, 0.29) is 18.9 Å². The molecule has 2 N–H and O–H groups in total. The monoisotopic (exact) mass is 444 g/mol. The summed E-state index contributed by atoms with van der Waals surface area (Å²) in [6, 6.07) is 14.1. The maximum absolute atomic E-state index is 12.8. The fourth-order valence-electron chi connectivity index (χ4n) is 3.05. The summed E-state index contributed by atoms with van der Waals surface area (Å²) in [4.78, 5) is 24.7. The van der Waals surface area contributed by atoms with Gasteiger partial charge in [0.15, 0.2) is 10.6 Å². The molecule has 0 saturated heterocycles. The molecule has 0 aliphatic carbocycles. The number of nitrogens with zero attached hydrogens (tertiary/aromatic N) is 2. The lowest BCUT2D eigenvalue weighted by atomic mass is 10.0. The van der Waals surface area contributed by atoms with Crippen LogP contribution in [0.15, 0.2) is 48.5 Å². The van der Waals surface area contributed by atoms with E-state index < -0.39 is 12.0 Å². The number of aromatic amines is 1. The van der Waals surface area contributed by atoms with Crippen LogP contribution in [-0.4, -0.2) is 33.8 Å². The van der Waals surface area contributed by atoms with E-state index in [1.807, 2.05) is 31.2 Å². The zero-order chi connectivity index (χ0) is 21.7. The topological polar surface area (TPSA) is 89.0 Å². The molecule has 0 aliphatic rings. The first kappa shape index (κ1) is 21.7. The van der Waals surface area contributed by atoms with Crippen LogP contribution in [0.25, 0.3) is 11.4 Å². The molecule has 1 heterocycles. The molecule has 0 aliphatic heterocycles. The molecule has 0 spiro atoms. The molecular formula is C21H21ClN4O3S. The Bertz CT molecular complexity index is 1110. The predicted molar refractivity (Wildman–Crippen MR) is 117 cm³/mol. The van der Waals surface area contributed by atoms with Gasteiger partial charge in [-0.05, 0) is 42.9 Å². The second kappa shape index (κ2) is 9.69. The highest BCUT2D eigenvalue weighted by Gasteiger charge is 2.20. The van der Waals surface area contributed by atoms with Gasteiger partial charge in [0.05, 0.1) is 19.6 Å². The molecule has 156 valence electrons. The lowest BCUT2D eigenvalue weighted by molar-refractivity contribution is -0.141. The Balaban J connectivity index is 1.82. The van der Waals surface area contributed by atoms with Gasteiger partial charge in [0.2, 0.25) is 5.91 Å². The van der Waals surface area contributed by atoms with Gasteiger partial charge in [-0.1, -0.05) is 47.5 Å². The van der Waals surface area contributed by atoms with Gasteiger partial charge in [-0.15, -0.1) is 0 Å². The Morgan fingerprint density at radius 2 is 2.00 bits per heavy atom. The number of ether oxygens (including phenoxy) is 1. The molecule has 9 heteroatoms. The summed E-state index contributed by atoms with van der Waals surface area (Å²) in [6.07, 6.45) is -0.00854. The van der Waals surface area contributed by atoms with Crippen LogP contribution in [0.2, 0.25) is 5.02 Å². The van der Waals surface area contributed by atoms with E-state index in [1.54, 1.807) is 28.8 Å². The minimum absolute atomic E-state index is 0.00854.